The van der Waals surface area contributed by atoms with Crippen molar-refractivity contribution in [3.63, 3.8) is 0 Å². The van der Waals surface area contributed by atoms with Crippen molar-refractivity contribution < 1.29 is 19.1 Å². The molecule has 2 rings (SSSR count). The number of hydrogen-bond donors (Lipinski definition) is 1. The predicted octanol–water partition coefficient (Wildman–Crippen LogP) is 0.714. The highest BCUT2D eigenvalue weighted by Gasteiger charge is 2.23. The summed E-state index contributed by atoms with van der Waals surface area (Å²) in [4.78, 5) is 38.7. The quantitative estimate of drug-likeness (QED) is 0.829. The van der Waals surface area contributed by atoms with Crippen LogP contribution in [0.25, 0.3) is 0 Å². The van der Waals surface area contributed by atoms with E-state index in [1.54, 1.807) is 41.2 Å². The number of carbonyl (C=O) groups is 3. The second kappa shape index (κ2) is 7.62. The van der Waals surface area contributed by atoms with Crippen LogP contribution in [0.2, 0.25) is 0 Å². The molecule has 7 nitrogen and oxygen atoms in total. The molecule has 1 aliphatic rings. The first-order valence-electron chi connectivity index (χ1n) is 7.47. The number of amides is 3. The average Bonchev–Trinajstić information content (AvgIpc) is 2.54. The number of benzene rings is 1. The van der Waals surface area contributed by atoms with Crippen molar-refractivity contribution in [2.24, 2.45) is 0 Å². The molecule has 23 heavy (non-hydrogen) atoms. The van der Waals surface area contributed by atoms with Crippen molar-refractivity contribution >= 4 is 23.4 Å². The Morgan fingerprint density at radius 3 is 2.39 bits per heavy atom. The number of rotatable bonds is 4. The number of hydrogen-bond acceptors (Lipinski definition) is 4. The smallest absolute Gasteiger partial charge is 0.233 e. The maximum Gasteiger partial charge on any atom is 0.233 e. The topological polar surface area (TPSA) is 79.0 Å². The SMILES string of the molecule is COc1cccc(NC(=O)CC(=O)N2CCN(C(C)=O)CC2)c1. The number of nitrogens with one attached hydrogen (secondary N) is 1. The van der Waals surface area contributed by atoms with Gasteiger partial charge in [0.2, 0.25) is 17.7 Å². The van der Waals surface area contributed by atoms with E-state index < -0.39 is 0 Å². The first-order chi connectivity index (χ1) is 11.0. The van der Waals surface area contributed by atoms with E-state index in [1.807, 2.05) is 0 Å². The van der Waals surface area contributed by atoms with Crippen molar-refractivity contribution in [1.82, 2.24) is 9.80 Å². The Hall–Kier alpha value is -2.57. The molecular weight excluding hydrogens is 298 g/mol. The summed E-state index contributed by atoms with van der Waals surface area (Å²) in [6.45, 7) is 3.46. The van der Waals surface area contributed by atoms with Gasteiger partial charge in [0.25, 0.3) is 0 Å². The summed E-state index contributed by atoms with van der Waals surface area (Å²) < 4.78 is 5.08. The minimum Gasteiger partial charge on any atom is -0.497 e. The van der Waals surface area contributed by atoms with E-state index in [4.69, 9.17) is 4.74 Å². The fraction of sp³-hybridized carbons (Fsp3) is 0.438. The van der Waals surface area contributed by atoms with Gasteiger partial charge in [-0.15, -0.1) is 0 Å². The summed E-state index contributed by atoms with van der Waals surface area (Å²) in [7, 11) is 1.55. The highest BCUT2D eigenvalue weighted by atomic mass is 16.5. The van der Waals surface area contributed by atoms with Gasteiger partial charge in [-0.2, -0.15) is 0 Å². The molecule has 124 valence electrons. The van der Waals surface area contributed by atoms with Gasteiger partial charge in [-0.25, -0.2) is 0 Å². The van der Waals surface area contributed by atoms with Crippen LogP contribution >= 0.6 is 0 Å². The summed E-state index contributed by atoms with van der Waals surface area (Å²) in [6, 6.07) is 6.96. The Morgan fingerprint density at radius 1 is 1.13 bits per heavy atom. The zero-order valence-corrected chi connectivity index (χ0v) is 13.4. The van der Waals surface area contributed by atoms with E-state index in [0.29, 0.717) is 37.6 Å². The molecule has 0 saturated carbocycles. The Morgan fingerprint density at radius 2 is 1.78 bits per heavy atom. The van der Waals surface area contributed by atoms with Crippen molar-refractivity contribution in [3.05, 3.63) is 24.3 Å². The molecule has 3 amide bonds. The van der Waals surface area contributed by atoms with Crippen molar-refractivity contribution in [3.8, 4) is 5.75 Å². The summed E-state index contributed by atoms with van der Waals surface area (Å²) in [6.07, 6.45) is -0.211. The van der Waals surface area contributed by atoms with Crippen LogP contribution in [0.5, 0.6) is 5.75 Å². The van der Waals surface area contributed by atoms with Crippen LogP contribution in [0.1, 0.15) is 13.3 Å². The lowest BCUT2D eigenvalue weighted by atomic mass is 10.2. The van der Waals surface area contributed by atoms with Crippen LogP contribution in [-0.2, 0) is 14.4 Å². The molecule has 0 spiro atoms. The number of piperazine rings is 1. The highest BCUT2D eigenvalue weighted by molar-refractivity contribution is 6.03. The van der Waals surface area contributed by atoms with Gasteiger partial charge in [-0.05, 0) is 12.1 Å². The van der Waals surface area contributed by atoms with Crippen LogP contribution in [0.3, 0.4) is 0 Å². The molecule has 1 heterocycles. The first kappa shape index (κ1) is 16.8. The maximum absolute atomic E-state index is 12.1. The molecule has 1 N–H and O–H groups in total. The second-order valence-corrected chi connectivity index (χ2v) is 5.34. The molecule has 0 bridgehead atoms. The molecule has 0 atom stereocenters. The fourth-order valence-electron chi connectivity index (χ4n) is 2.43. The number of nitrogens with zero attached hydrogens (tertiary/aromatic N) is 2. The lowest BCUT2D eigenvalue weighted by molar-refractivity contribution is -0.140. The molecule has 0 aromatic heterocycles. The molecule has 0 unspecified atom stereocenters. The third-order valence-corrected chi connectivity index (χ3v) is 3.74. The number of anilines is 1. The Kier molecular flexibility index (Phi) is 5.56. The van der Waals surface area contributed by atoms with Crippen LogP contribution in [0.4, 0.5) is 5.69 Å². The van der Waals surface area contributed by atoms with E-state index >= 15 is 0 Å². The number of ether oxygens (including phenoxy) is 1. The highest BCUT2D eigenvalue weighted by Crippen LogP contribution is 2.17. The van der Waals surface area contributed by atoms with Crippen LogP contribution in [0, 0.1) is 0 Å². The predicted molar refractivity (Wildman–Crippen MR) is 85.1 cm³/mol. The van der Waals surface area contributed by atoms with Gasteiger partial charge in [-0.3, -0.25) is 14.4 Å². The molecule has 0 radical (unpaired) electrons. The largest absolute Gasteiger partial charge is 0.497 e. The van der Waals surface area contributed by atoms with Gasteiger partial charge >= 0.3 is 0 Å². The molecular formula is C16H21N3O4. The van der Waals surface area contributed by atoms with E-state index in [9.17, 15) is 14.4 Å². The normalized spacial score (nSPS) is 14.3. The summed E-state index contributed by atoms with van der Waals surface area (Å²) in [5, 5.41) is 2.68. The third kappa shape index (κ3) is 4.70. The van der Waals surface area contributed by atoms with Crippen LogP contribution in [0.15, 0.2) is 24.3 Å². The van der Waals surface area contributed by atoms with Gasteiger partial charge in [0.1, 0.15) is 12.2 Å². The molecule has 7 heteroatoms. The lowest BCUT2D eigenvalue weighted by Gasteiger charge is -2.34. The second-order valence-electron chi connectivity index (χ2n) is 5.34. The minimum atomic E-state index is -0.364. The van der Waals surface area contributed by atoms with Crippen molar-refractivity contribution in [1.29, 1.82) is 0 Å². The molecule has 1 aromatic carbocycles. The summed E-state index contributed by atoms with van der Waals surface area (Å²) in [5.74, 6) is 0.0493. The van der Waals surface area contributed by atoms with Gasteiger partial charge in [0.15, 0.2) is 0 Å². The Balaban J connectivity index is 1.83. The monoisotopic (exact) mass is 319 g/mol. The van der Waals surface area contributed by atoms with Crippen molar-refractivity contribution in [2.45, 2.75) is 13.3 Å². The van der Waals surface area contributed by atoms with Gasteiger partial charge < -0.3 is 19.9 Å². The van der Waals surface area contributed by atoms with E-state index in [0.717, 1.165) is 0 Å². The average molecular weight is 319 g/mol. The van der Waals surface area contributed by atoms with E-state index in [-0.39, 0.29) is 24.1 Å². The first-order valence-corrected chi connectivity index (χ1v) is 7.47. The van der Waals surface area contributed by atoms with Gasteiger partial charge in [-0.1, -0.05) is 6.07 Å². The van der Waals surface area contributed by atoms with Crippen molar-refractivity contribution in [2.75, 3.05) is 38.6 Å². The Bertz CT molecular complexity index is 595. The molecule has 1 aromatic rings. The minimum absolute atomic E-state index is 0.00728. The maximum atomic E-state index is 12.1. The zero-order chi connectivity index (χ0) is 16.8. The van der Waals surface area contributed by atoms with Gasteiger partial charge in [0, 0.05) is 44.9 Å². The summed E-state index contributed by atoms with van der Waals surface area (Å²) >= 11 is 0. The van der Waals surface area contributed by atoms with E-state index in [2.05, 4.69) is 5.32 Å². The lowest BCUT2D eigenvalue weighted by Crippen LogP contribution is -2.50. The number of methoxy groups -OCH3 is 1. The number of carbonyl (C=O) groups excluding carboxylic acids is 3. The molecule has 1 fully saturated rings. The Labute approximate surface area is 135 Å². The summed E-state index contributed by atoms with van der Waals surface area (Å²) in [5.41, 5.74) is 0.587. The van der Waals surface area contributed by atoms with E-state index in [1.165, 1.54) is 6.92 Å². The van der Waals surface area contributed by atoms with Gasteiger partial charge in [0.05, 0.1) is 7.11 Å². The molecule has 1 saturated heterocycles. The standard InChI is InChI=1S/C16H21N3O4/c1-12(20)18-6-8-19(9-7-18)16(22)11-15(21)17-13-4-3-5-14(10-13)23-2/h3-5,10H,6-9,11H2,1-2H3,(H,17,21). The van der Waals surface area contributed by atoms with Crippen LogP contribution < -0.4 is 10.1 Å². The third-order valence-electron chi connectivity index (χ3n) is 3.74. The zero-order valence-electron chi connectivity index (χ0n) is 13.4. The molecule has 0 aliphatic carbocycles. The fourth-order valence-corrected chi connectivity index (χ4v) is 2.43. The molecule has 1 aliphatic heterocycles. The van der Waals surface area contributed by atoms with Crippen LogP contribution in [-0.4, -0.2) is 60.8 Å².